The van der Waals surface area contributed by atoms with E-state index in [4.69, 9.17) is 10.8 Å². The number of rotatable bonds is 9. The minimum atomic E-state index is -1.48. The molecule has 0 aromatic heterocycles. The summed E-state index contributed by atoms with van der Waals surface area (Å²) in [7, 11) is 0. The summed E-state index contributed by atoms with van der Waals surface area (Å²) in [6.45, 7) is 3.31. The average molecular weight is 275 g/mol. The maximum absolute atomic E-state index is 11.4. The van der Waals surface area contributed by atoms with E-state index >= 15 is 0 Å². The molecule has 0 aromatic rings. The van der Waals surface area contributed by atoms with Gasteiger partial charge in [-0.1, -0.05) is 13.8 Å². The maximum Gasteiger partial charge on any atom is 0.323 e. The molecule has 8 nitrogen and oxygen atoms in total. The molecule has 19 heavy (non-hydrogen) atoms. The molecule has 0 saturated heterocycles. The topological polar surface area (TPSA) is 142 Å². The van der Waals surface area contributed by atoms with Gasteiger partial charge in [0.1, 0.15) is 6.04 Å². The van der Waals surface area contributed by atoms with Gasteiger partial charge >= 0.3 is 11.9 Å². The van der Waals surface area contributed by atoms with Crippen LogP contribution in [-0.2, 0) is 14.4 Å². The van der Waals surface area contributed by atoms with Crippen LogP contribution in [0.1, 0.15) is 33.1 Å². The van der Waals surface area contributed by atoms with Gasteiger partial charge in [0, 0.05) is 13.0 Å². The van der Waals surface area contributed by atoms with Gasteiger partial charge in [-0.3, -0.25) is 19.8 Å². The highest BCUT2D eigenvalue weighted by Gasteiger charge is 2.47. The number of aliphatic carboxylic acids is 2. The highest BCUT2D eigenvalue weighted by Crippen LogP contribution is 2.31. The number of hydrogen-bond donors (Lipinski definition) is 5. The number of nitrogens with one attached hydrogen (secondary N) is 2. The van der Waals surface area contributed by atoms with Crippen LogP contribution in [0, 0.1) is 5.41 Å². The minimum absolute atomic E-state index is 0.0255. The molecule has 0 heterocycles. The van der Waals surface area contributed by atoms with E-state index in [1.807, 2.05) is 0 Å². The highest BCUT2D eigenvalue weighted by atomic mass is 16.4. The van der Waals surface area contributed by atoms with Crippen molar-refractivity contribution in [1.29, 1.82) is 0 Å². The second kappa shape index (κ2) is 7.70. The molecular formula is C11H21N3O5. The normalized spacial score (nSPS) is 12.8. The molecule has 8 heteroatoms. The Hall–Kier alpha value is -1.67. The summed E-state index contributed by atoms with van der Waals surface area (Å²) in [6.07, 6.45) is 0.267. The predicted octanol–water partition coefficient (Wildman–Crippen LogP) is -0.700. The third kappa shape index (κ3) is 4.18. The smallest absolute Gasteiger partial charge is 0.323 e. The van der Waals surface area contributed by atoms with Crippen molar-refractivity contribution in [3.05, 3.63) is 0 Å². The van der Waals surface area contributed by atoms with Crippen molar-refractivity contribution in [3.8, 4) is 0 Å². The minimum Gasteiger partial charge on any atom is -0.481 e. The van der Waals surface area contributed by atoms with Gasteiger partial charge < -0.3 is 15.9 Å². The number of nitrogens with two attached hydrogens (primary N) is 1. The van der Waals surface area contributed by atoms with Gasteiger partial charge in [0.05, 0.1) is 5.41 Å². The molecule has 0 rings (SSSR count). The van der Waals surface area contributed by atoms with Crippen molar-refractivity contribution in [2.75, 3.05) is 6.54 Å². The largest absolute Gasteiger partial charge is 0.481 e. The van der Waals surface area contributed by atoms with Crippen molar-refractivity contribution in [1.82, 2.24) is 10.9 Å². The molecule has 0 saturated carbocycles. The Kier molecular flexibility index (Phi) is 7.02. The van der Waals surface area contributed by atoms with E-state index in [-0.39, 0.29) is 25.8 Å². The molecule has 1 atom stereocenters. The number of carbonyl (C=O) groups is 3. The van der Waals surface area contributed by atoms with Gasteiger partial charge in [-0.25, -0.2) is 5.43 Å². The molecule has 0 bridgehead atoms. The Morgan fingerprint density at radius 2 is 1.74 bits per heavy atom. The van der Waals surface area contributed by atoms with Gasteiger partial charge in [-0.05, 0) is 12.8 Å². The summed E-state index contributed by atoms with van der Waals surface area (Å²) in [5.41, 5.74) is 8.17. The van der Waals surface area contributed by atoms with Crippen LogP contribution >= 0.6 is 0 Å². The van der Waals surface area contributed by atoms with Gasteiger partial charge in [0.25, 0.3) is 0 Å². The fraction of sp³-hybridized carbons (Fsp3) is 0.727. The second-order valence-corrected chi connectivity index (χ2v) is 4.17. The van der Waals surface area contributed by atoms with Crippen LogP contribution in [0.3, 0.4) is 0 Å². The molecule has 6 N–H and O–H groups in total. The first kappa shape index (κ1) is 17.3. The fourth-order valence-electron chi connectivity index (χ4n) is 1.87. The summed E-state index contributed by atoms with van der Waals surface area (Å²) in [5, 5.41) is 18.4. The monoisotopic (exact) mass is 275 g/mol. The molecular weight excluding hydrogens is 254 g/mol. The second-order valence-electron chi connectivity index (χ2n) is 4.17. The Labute approximate surface area is 111 Å². The van der Waals surface area contributed by atoms with Crippen LogP contribution < -0.4 is 16.6 Å². The standard InChI is InChI=1S/C11H21N3O5/c1-3-11(4-2,10(18)19)8(9(16)17)14-13-7(15)5-6-12/h8,14H,3-6,12H2,1-2H3,(H,13,15)(H,16,17)(H,18,19)/t8-/m1/s1. The van der Waals surface area contributed by atoms with Crippen molar-refractivity contribution < 1.29 is 24.6 Å². The Morgan fingerprint density at radius 1 is 1.21 bits per heavy atom. The summed E-state index contributed by atoms with van der Waals surface area (Å²) < 4.78 is 0. The lowest BCUT2D eigenvalue weighted by Crippen LogP contribution is -2.59. The third-order valence-electron chi connectivity index (χ3n) is 3.21. The maximum atomic E-state index is 11.4. The van der Waals surface area contributed by atoms with E-state index in [1.165, 1.54) is 0 Å². The van der Waals surface area contributed by atoms with Crippen LogP contribution in [0.2, 0.25) is 0 Å². The number of carbonyl (C=O) groups excluding carboxylic acids is 1. The molecule has 0 aliphatic carbocycles. The van der Waals surface area contributed by atoms with E-state index in [2.05, 4.69) is 10.9 Å². The summed E-state index contributed by atoms with van der Waals surface area (Å²) in [5.74, 6) is -3.04. The van der Waals surface area contributed by atoms with Crippen LogP contribution in [0.25, 0.3) is 0 Å². The molecule has 0 aliphatic heterocycles. The van der Waals surface area contributed by atoms with Crippen molar-refractivity contribution in [3.63, 3.8) is 0 Å². The number of amides is 1. The van der Waals surface area contributed by atoms with Crippen LogP contribution in [-0.4, -0.2) is 40.6 Å². The Morgan fingerprint density at radius 3 is 2.05 bits per heavy atom. The molecule has 0 aliphatic rings. The van der Waals surface area contributed by atoms with E-state index in [0.717, 1.165) is 0 Å². The predicted molar refractivity (Wildman–Crippen MR) is 67.0 cm³/mol. The summed E-state index contributed by atoms with van der Waals surface area (Å²) in [4.78, 5) is 33.9. The number of carboxylic acids is 2. The lowest BCUT2D eigenvalue weighted by Gasteiger charge is -2.33. The van der Waals surface area contributed by atoms with Crippen molar-refractivity contribution >= 4 is 17.8 Å². The molecule has 0 radical (unpaired) electrons. The van der Waals surface area contributed by atoms with Gasteiger partial charge in [-0.15, -0.1) is 0 Å². The van der Waals surface area contributed by atoms with Crippen LogP contribution in [0.15, 0.2) is 0 Å². The zero-order valence-electron chi connectivity index (χ0n) is 11.1. The molecule has 0 aromatic carbocycles. The number of carboxylic acid groups (broad SMARTS) is 2. The zero-order valence-corrected chi connectivity index (χ0v) is 11.1. The Balaban J connectivity index is 5.02. The average Bonchev–Trinajstić information content (AvgIpc) is 2.34. The summed E-state index contributed by atoms with van der Waals surface area (Å²) >= 11 is 0. The zero-order chi connectivity index (χ0) is 15.1. The van der Waals surface area contributed by atoms with E-state index in [0.29, 0.717) is 0 Å². The molecule has 110 valence electrons. The lowest BCUT2D eigenvalue weighted by atomic mass is 9.75. The molecule has 0 spiro atoms. The quantitative estimate of drug-likeness (QED) is 0.350. The SMILES string of the molecule is CCC(CC)(C(=O)O)[C@H](NNC(=O)CCN)C(=O)O. The molecule has 0 unspecified atom stereocenters. The van der Waals surface area contributed by atoms with E-state index in [1.54, 1.807) is 13.8 Å². The lowest BCUT2D eigenvalue weighted by molar-refractivity contribution is -0.160. The summed E-state index contributed by atoms with van der Waals surface area (Å²) in [6, 6.07) is -1.42. The van der Waals surface area contributed by atoms with Crippen LogP contribution in [0.5, 0.6) is 0 Å². The number of hydrazine groups is 1. The molecule has 1 amide bonds. The van der Waals surface area contributed by atoms with Crippen molar-refractivity contribution in [2.45, 2.75) is 39.2 Å². The number of hydrogen-bond acceptors (Lipinski definition) is 5. The van der Waals surface area contributed by atoms with Crippen LogP contribution in [0.4, 0.5) is 0 Å². The van der Waals surface area contributed by atoms with E-state index in [9.17, 15) is 19.5 Å². The fourth-order valence-corrected chi connectivity index (χ4v) is 1.87. The Bertz CT molecular complexity index is 341. The van der Waals surface area contributed by atoms with Gasteiger partial charge in [-0.2, -0.15) is 0 Å². The highest BCUT2D eigenvalue weighted by molar-refractivity contribution is 5.86. The first-order chi connectivity index (χ1) is 8.85. The van der Waals surface area contributed by atoms with Gasteiger partial charge in [0.15, 0.2) is 0 Å². The van der Waals surface area contributed by atoms with E-state index < -0.39 is 29.3 Å². The first-order valence-corrected chi connectivity index (χ1v) is 6.06. The van der Waals surface area contributed by atoms with Crippen molar-refractivity contribution in [2.24, 2.45) is 11.1 Å². The molecule has 0 fully saturated rings. The first-order valence-electron chi connectivity index (χ1n) is 6.06. The van der Waals surface area contributed by atoms with Gasteiger partial charge in [0.2, 0.25) is 5.91 Å². The third-order valence-corrected chi connectivity index (χ3v) is 3.21.